The molecule has 0 fully saturated rings. The van der Waals surface area contributed by atoms with E-state index in [0.29, 0.717) is 0 Å². The molecule has 0 aliphatic heterocycles. The normalized spacial score (nSPS) is 10.5. The summed E-state index contributed by atoms with van der Waals surface area (Å²) in [7, 11) is 0. The van der Waals surface area contributed by atoms with Crippen LogP contribution in [0.25, 0.3) is 0 Å². The van der Waals surface area contributed by atoms with Gasteiger partial charge in [-0.15, -0.1) is 0 Å². The summed E-state index contributed by atoms with van der Waals surface area (Å²) in [4.78, 5) is 23.0. The number of amides is 2. The molecule has 0 heterocycles. The van der Waals surface area contributed by atoms with Gasteiger partial charge in [-0.3, -0.25) is 9.59 Å². The number of nitrogens with one attached hydrogen (secondary N) is 1. The molecule has 2 aromatic carbocycles. The molecule has 7 heteroatoms. The van der Waals surface area contributed by atoms with Gasteiger partial charge in [0.1, 0.15) is 5.82 Å². The third kappa shape index (κ3) is 3.43. The number of hydrogen-bond acceptors (Lipinski definition) is 2. The van der Waals surface area contributed by atoms with Gasteiger partial charge < -0.3 is 11.1 Å². The zero-order valence-electron chi connectivity index (χ0n) is 11.1. The minimum absolute atomic E-state index is 0.152. The Kier molecular flexibility index (Phi) is 4.45. The lowest BCUT2D eigenvalue weighted by Crippen LogP contribution is -2.16. The summed E-state index contributed by atoms with van der Waals surface area (Å²) in [5.74, 6) is -2.52. The molecule has 0 saturated carbocycles. The van der Waals surface area contributed by atoms with E-state index in [1.165, 1.54) is 24.3 Å². The van der Waals surface area contributed by atoms with Gasteiger partial charge in [0.25, 0.3) is 12.3 Å². The van der Waals surface area contributed by atoms with E-state index in [2.05, 4.69) is 5.32 Å². The smallest absolute Gasteiger partial charge is 0.263 e. The number of nitrogens with two attached hydrogens (primary N) is 1. The predicted octanol–water partition coefficient (Wildman–Crippen LogP) is 3.11. The Balaban J connectivity index is 2.27. The summed E-state index contributed by atoms with van der Waals surface area (Å²) in [5, 5.41) is 2.33. The maximum atomic E-state index is 13.6. The molecule has 0 aliphatic rings. The molecule has 2 amide bonds. The van der Waals surface area contributed by atoms with Crippen molar-refractivity contribution in [3.8, 4) is 0 Å². The van der Waals surface area contributed by atoms with Gasteiger partial charge in [-0.05, 0) is 30.3 Å². The number of carbonyl (C=O) groups excluding carboxylic acids is 2. The number of benzene rings is 2. The van der Waals surface area contributed by atoms with Gasteiger partial charge in [0.05, 0.1) is 5.56 Å². The van der Waals surface area contributed by atoms with E-state index in [9.17, 15) is 22.8 Å². The fourth-order valence-electron chi connectivity index (χ4n) is 1.80. The van der Waals surface area contributed by atoms with Gasteiger partial charge in [0.2, 0.25) is 5.91 Å². The zero-order valence-corrected chi connectivity index (χ0v) is 11.1. The number of alkyl halides is 2. The monoisotopic (exact) mass is 308 g/mol. The standard InChI is InChI=1S/C15H11F3N2O2/c16-12-5-4-8(13(17)18)7-11(12)15(22)20-10-3-1-2-9(6-10)14(19)21/h1-7,13H,(H2,19,21)(H,20,22). The van der Waals surface area contributed by atoms with Crippen LogP contribution in [0.15, 0.2) is 42.5 Å². The largest absolute Gasteiger partial charge is 0.366 e. The number of rotatable bonds is 4. The molecule has 0 saturated heterocycles. The third-order valence-corrected chi connectivity index (χ3v) is 2.89. The van der Waals surface area contributed by atoms with Gasteiger partial charge in [-0.2, -0.15) is 0 Å². The number of primary amides is 1. The Morgan fingerprint density at radius 2 is 1.82 bits per heavy atom. The summed E-state index contributed by atoms with van der Waals surface area (Å²) in [5.41, 5.74) is 4.48. The summed E-state index contributed by atoms with van der Waals surface area (Å²) in [6.45, 7) is 0. The summed E-state index contributed by atoms with van der Waals surface area (Å²) in [6, 6.07) is 8.17. The lowest BCUT2D eigenvalue weighted by atomic mass is 10.1. The molecule has 4 nitrogen and oxygen atoms in total. The molecular weight excluding hydrogens is 297 g/mol. The van der Waals surface area contributed by atoms with Crippen LogP contribution in [0.4, 0.5) is 18.9 Å². The Bertz CT molecular complexity index is 732. The van der Waals surface area contributed by atoms with Crippen molar-refractivity contribution >= 4 is 17.5 Å². The molecule has 0 aromatic heterocycles. The first kappa shape index (κ1) is 15.6. The highest BCUT2D eigenvalue weighted by Gasteiger charge is 2.16. The molecule has 114 valence electrons. The first-order valence-corrected chi connectivity index (χ1v) is 6.17. The first-order valence-electron chi connectivity index (χ1n) is 6.17. The molecule has 22 heavy (non-hydrogen) atoms. The minimum Gasteiger partial charge on any atom is -0.366 e. The van der Waals surface area contributed by atoms with Crippen molar-refractivity contribution in [3.05, 3.63) is 65.0 Å². The molecule has 3 N–H and O–H groups in total. The highest BCUT2D eigenvalue weighted by Crippen LogP contribution is 2.22. The van der Waals surface area contributed by atoms with Gasteiger partial charge in [-0.1, -0.05) is 12.1 Å². The second-order valence-electron chi connectivity index (χ2n) is 4.44. The molecule has 2 aromatic rings. The fourth-order valence-corrected chi connectivity index (χ4v) is 1.80. The summed E-state index contributed by atoms with van der Waals surface area (Å²) < 4.78 is 38.8. The second kappa shape index (κ2) is 6.30. The van der Waals surface area contributed by atoms with Crippen LogP contribution >= 0.6 is 0 Å². The average molecular weight is 308 g/mol. The molecule has 2 rings (SSSR count). The maximum Gasteiger partial charge on any atom is 0.263 e. The Morgan fingerprint density at radius 3 is 2.45 bits per heavy atom. The van der Waals surface area contributed by atoms with Crippen LogP contribution < -0.4 is 11.1 Å². The Hall–Kier alpha value is -2.83. The van der Waals surface area contributed by atoms with Crippen molar-refractivity contribution in [2.75, 3.05) is 5.32 Å². The highest BCUT2D eigenvalue weighted by molar-refractivity contribution is 6.05. The Labute approximate surface area is 123 Å². The maximum absolute atomic E-state index is 13.6. The number of halogens is 3. The predicted molar refractivity (Wildman–Crippen MR) is 74.3 cm³/mol. The second-order valence-corrected chi connectivity index (χ2v) is 4.44. The molecule has 0 bridgehead atoms. The van der Waals surface area contributed by atoms with E-state index in [-0.39, 0.29) is 11.3 Å². The molecule has 0 radical (unpaired) electrons. The van der Waals surface area contributed by atoms with E-state index in [4.69, 9.17) is 5.73 Å². The fraction of sp³-hybridized carbons (Fsp3) is 0.0667. The topological polar surface area (TPSA) is 72.2 Å². The molecule has 0 unspecified atom stereocenters. The van der Waals surface area contributed by atoms with Gasteiger partial charge in [0, 0.05) is 16.8 Å². The molecule has 0 atom stereocenters. The summed E-state index contributed by atoms with van der Waals surface area (Å²) >= 11 is 0. The van der Waals surface area contributed by atoms with Crippen molar-refractivity contribution < 1.29 is 22.8 Å². The highest BCUT2D eigenvalue weighted by atomic mass is 19.3. The Morgan fingerprint density at radius 1 is 1.09 bits per heavy atom. The zero-order chi connectivity index (χ0) is 16.3. The lowest BCUT2D eigenvalue weighted by molar-refractivity contribution is 0.0995. The van der Waals surface area contributed by atoms with Crippen LogP contribution in [0.5, 0.6) is 0 Å². The van der Waals surface area contributed by atoms with Crippen LogP contribution in [0.3, 0.4) is 0 Å². The van der Waals surface area contributed by atoms with Crippen molar-refractivity contribution in [2.24, 2.45) is 5.73 Å². The van der Waals surface area contributed by atoms with Crippen molar-refractivity contribution in [3.63, 3.8) is 0 Å². The average Bonchev–Trinajstić information content (AvgIpc) is 2.47. The molecular formula is C15H11F3N2O2. The third-order valence-electron chi connectivity index (χ3n) is 2.89. The van der Waals surface area contributed by atoms with Crippen LogP contribution in [0.1, 0.15) is 32.7 Å². The first-order chi connectivity index (χ1) is 10.4. The number of hydrogen-bond donors (Lipinski definition) is 2. The summed E-state index contributed by atoms with van der Waals surface area (Å²) in [6.07, 6.45) is -2.81. The van der Waals surface area contributed by atoms with Crippen LogP contribution in [0, 0.1) is 5.82 Å². The van der Waals surface area contributed by atoms with E-state index in [0.717, 1.165) is 18.2 Å². The minimum atomic E-state index is -2.81. The van der Waals surface area contributed by atoms with E-state index in [1.807, 2.05) is 0 Å². The van der Waals surface area contributed by atoms with Gasteiger partial charge in [0.15, 0.2) is 0 Å². The van der Waals surface area contributed by atoms with E-state index in [1.54, 1.807) is 0 Å². The van der Waals surface area contributed by atoms with Crippen LogP contribution in [0.2, 0.25) is 0 Å². The van der Waals surface area contributed by atoms with Crippen molar-refractivity contribution in [2.45, 2.75) is 6.43 Å². The van der Waals surface area contributed by atoms with E-state index < -0.39 is 35.2 Å². The van der Waals surface area contributed by atoms with Crippen molar-refractivity contribution in [1.29, 1.82) is 0 Å². The van der Waals surface area contributed by atoms with Crippen LogP contribution in [-0.2, 0) is 0 Å². The SMILES string of the molecule is NC(=O)c1cccc(NC(=O)c2cc(C(F)F)ccc2F)c1. The van der Waals surface area contributed by atoms with Crippen LogP contribution in [-0.4, -0.2) is 11.8 Å². The number of carbonyl (C=O) groups is 2. The lowest BCUT2D eigenvalue weighted by Gasteiger charge is -2.08. The molecule has 0 aliphatic carbocycles. The van der Waals surface area contributed by atoms with Crippen molar-refractivity contribution in [1.82, 2.24) is 0 Å². The van der Waals surface area contributed by atoms with Gasteiger partial charge in [-0.25, -0.2) is 13.2 Å². The van der Waals surface area contributed by atoms with E-state index >= 15 is 0 Å². The quantitative estimate of drug-likeness (QED) is 0.911. The number of anilines is 1. The molecule has 0 spiro atoms. The van der Waals surface area contributed by atoms with Gasteiger partial charge >= 0.3 is 0 Å².